The number of aromatic nitrogens is 2. The number of amides is 1. The van der Waals surface area contributed by atoms with Crippen molar-refractivity contribution in [2.24, 2.45) is 0 Å². The molecule has 0 N–H and O–H groups in total. The maximum absolute atomic E-state index is 13.1. The molecule has 0 radical (unpaired) electrons. The van der Waals surface area contributed by atoms with Gasteiger partial charge in [0.1, 0.15) is 9.88 Å². The number of fused-ring (bicyclic) bond motifs is 1. The third-order valence-electron chi connectivity index (χ3n) is 4.68. The average molecular weight is 370 g/mol. The van der Waals surface area contributed by atoms with Gasteiger partial charge in [-0.05, 0) is 49.3 Å². The number of nitrogens with zero attached hydrogens (tertiary/aromatic N) is 3. The van der Waals surface area contributed by atoms with E-state index in [-0.39, 0.29) is 11.9 Å². The second-order valence-electron chi connectivity index (χ2n) is 6.28. The average Bonchev–Trinajstić information content (AvgIpc) is 3.29. The summed E-state index contributed by atoms with van der Waals surface area (Å²) in [5, 5.41) is 2.95. The lowest BCUT2D eigenvalue weighted by Gasteiger charge is -2.32. The Morgan fingerprint density at radius 3 is 3.00 bits per heavy atom. The van der Waals surface area contributed by atoms with Gasteiger partial charge in [0.2, 0.25) is 0 Å². The minimum Gasteiger partial charge on any atom is -0.332 e. The van der Waals surface area contributed by atoms with Crippen LogP contribution in [0.15, 0.2) is 35.8 Å². The molecule has 0 bridgehead atoms. The number of carbonyl (C=O) groups excluding carboxylic acids is 1. The SMILES string of the molecule is Cc1nc(-c2cccs2)sc1C(=O)N(C)[C@@H]1CCCc2cccnc21. The third-order valence-corrected chi connectivity index (χ3v) is 6.86. The first-order chi connectivity index (χ1) is 12.1. The van der Waals surface area contributed by atoms with Crippen LogP contribution in [-0.4, -0.2) is 27.8 Å². The van der Waals surface area contributed by atoms with Gasteiger partial charge in [-0.1, -0.05) is 12.1 Å². The fourth-order valence-corrected chi connectivity index (χ4v) is 5.21. The molecule has 4 nitrogen and oxygen atoms in total. The van der Waals surface area contributed by atoms with E-state index in [2.05, 4.69) is 16.0 Å². The van der Waals surface area contributed by atoms with Crippen LogP contribution >= 0.6 is 22.7 Å². The lowest BCUT2D eigenvalue weighted by atomic mass is 9.91. The molecule has 1 aliphatic rings. The molecule has 0 fully saturated rings. The molecule has 0 unspecified atom stereocenters. The molecule has 0 saturated carbocycles. The van der Waals surface area contributed by atoms with Crippen molar-refractivity contribution in [2.45, 2.75) is 32.2 Å². The second-order valence-corrected chi connectivity index (χ2v) is 8.23. The van der Waals surface area contributed by atoms with Gasteiger partial charge in [0.25, 0.3) is 5.91 Å². The molecule has 3 aromatic heterocycles. The van der Waals surface area contributed by atoms with Crippen LogP contribution in [0.1, 0.15) is 45.5 Å². The van der Waals surface area contributed by atoms with Gasteiger partial charge >= 0.3 is 0 Å². The van der Waals surface area contributed by atoms with E-state index in [0.717, 1.165) is 45.4 Å². The van der Waals surface area contributed by atoms with Crippen LogP contribution in [0, 0.1) is 6.92 Å². The number of aryl methyl sites for hydroxylation is 2. The summed E-state index contributed by atoms with van der Waals surface area (Å²) in [6.45, 7) is 1.92. The molecule has 3 aromatic rings. The van der Waals surface area contributed by atoms with Gasteiger partial charge in [0.15, 0.2) is 0 Å². The Hall–Kier alpha value is -2.05. The molecule has 128 valence electrons. The third kappa shape index (κ3) is 3.00. The van der Waals surface area contributed by atoms with Gasteiger partial charge < -0.3 is 4.90 Å². The highest BCUT2D eigenvalue weighted by Crippen LogP contribution is 2.35. The summed E-state index contributed by atoms with van der Waals surface area (Å²) < 4.78 is 0. The number of pyridine rings is 1. The van der Waals surface area contributed by atoms with Crippen molar-refractivity contribution in [3.05, 3.63) is 57.7 Å². The second kappa shape index (κ2) is 6.69. The number of rotatable bonds is 3. The Balaban J connectivity index is 1.64. The molecule has 1 amide bonds. The van der Waals surface area contributed by atoms with Gasteiger partial charge in [-0.2, -0.15) is 0 Å². The first kappa shape index (κ1) is 16.4. The Bertz CT molecular complexity index is 901. The van der Waals surface area contributed by atoms with Gasteiger partial charge in [-0.3, -0.25) is 9.78 Å². The molecular formula is C19H19N3OS2. The predicted molar refractivity (Wildman–Crippen MR) is 102 cm³/mol. The fourth-order valence-electron chi connectivity index (χ4n) is 3.36. The van der Waals surface area contributed by atoms with E-state index in [1.54, 1.807) is 11.3 Å². The van der Waals surface area contributed by atoms with Crippen molar-refractivity contribution in [3.8, 4) is 9.88 Å². The first-order valence-corrected chi connectivity index (χ1v) is 10.1. The van der Waals surface area contributed by atoms with Crippen molar-refractivity contribution >= 4 is 28.6 Å². The predicted octanol–water partition coefficient (Wildman–Crippen LogP) is 4.72. The highest BCUT2D eigenvalue weighted by Gasteiger charge is 2.30. The van der Waals surface area contributed by atoms with Crippen LogP contribution in [0.2, 0.25) is 0 Å². The van der Waals surface area contributed by atoms with E-state index in [9.17, 15) is 4.79 Å². The number of carbonyl (C=O) groups is 1. The van der Waals surface area contributed by atoms with Gasteiger partial charge in [0, 0.05) is 13.2 Å². The van der Waals surface area contributed by atoms with Crippen LogP contribution < -0.4 is 0 Å². The maximum atomic E-state index is 13.1. The molecular weight excluding hydrogens is 350 g/mol. The largest absolute Gasteiger partial charge is 0.332 e. The molecule has 0 aromatic carbocycles. The summed E-state index contributed by atoms with van der Waals surface area (Å²) in [6, 6.07) is 8.20. The quantitative estimate of drug-likeness (QED) is 0.671. The van der Waals surface area contributed by atoms with Crippen LogP contribution in [0.4, 0.5) is 0 Å². The van der Waals surface area contributed by atoms with E-state index in [1.807, 2.05) is 48.6 Å². The number of hydrogen-bond acceptors (Lipinski definition) is 5. The topological polar surface area (TPSA) is 46.1 Å². The van der Waals surface area contributed by atoms with Crippen molar-refractivity contribution in [3.63, 3.8) is 0 Å². The van der Waals surface area contributed by atoms with E-state index in [4.69, 9.17) is 0 Å². The summed E-state index contributed by atoms with van der Waals surface area (Å²) in [5.41, 5.74) is 3.12. The molecule has 1 atom stereocenters. The van der Waals surface area contributed by atoms with Gasteiger partial charge in [-0.25, -0.2) is 4.98 Å². The van der Waals surface area contributed by atoms with E-state index in [1.165, 1.54) is 16.9 Å². The first-order valence-electron chi connectivity index (χ1n) is 8.37. The van der Waals surface area contributed by atoms with Gasteiger partial charge in [-0.15, -0.1) is 22.7 Å². The molecule has 6 heteroatoms. The van der Waals surface area contributed by atoms with E-state index in [0.29, 0.717) is 0 Å². The standard InChI is InChI=1S/C19H19N3OS2/c1-12-17(25-18(21-12)15-9-5-11-24-15)19(23)22(2)14-8-3-6-13-7-4-10-20-16(13)14/h4-5,7,9-11,14H,3,6,8H2,1-2H3/t14-/m1/s1. The molecule has 25 heavy (non-hydrogen) atoms. The normalized spacial score (nSPS) is 16.5. The highest BCUT2D eigenvalue weighted by molar-refractivity contribution is 7.22. The number of thiazole rings is 1. The molecule has 0 saturated heterocycles. The number of hydrogen-bond donors (Lipinski definition) is 0. The van der Waals surface area contributed by atoms with Crippen LogP contribution in [0.25, 0.3) is 9.88 Å². The molecule has 3 heterocycles. The smallest absolute Gasteiger partial charge is 0.266 e. The van der Waals surface area contributed by atoms with Crippen molar-refractivity contribution in [1.82, 2.24) is 14.9 Å². The van der Waals surface area contributed by atoms with Crippen molar-refractivity contribution < 1.29 is 4.79 Å². The van der Waals surface area contributed by atoms with Crippen molar-refractivity contribution in [1.29, 1.82) is 0 Å². The lowest BCUT2D eigenvalue weighted by molar-refractivity contribution is 0.0715. The Morgan fingerprint density at radius 2 is 2.20 bits per heavy atom. The minimum atomic E-state index is 0.0429. The zero-order valence-electron chi connectivity index (χ0n) is 14.2. The molecule has 4 rings (SSSR count). The van der Waals surface area contributed by atoms with Gasteiger partial charge in [0.05, 0.1) is 22.3 Å². The zero-order valence-corrected chi connectivity index (χ0v) is 15.9. The monoisotopic (exact) mass is 369 g/mol. The molecule has 0 aliphatic heterocycles. The summed E-state index contributed by atoms with van der Waals surface area (Å²) in [4.78, 5) is 26.0. The van der Waals surface area contributed by atoms with Crippen LogP contribution in [0.3, 0.4) is 0 Å². The zero-order chi connectivity index (χ0) is 17.4. The lowest BCUT2D eigenvalue weighted by Crippen LogP contribution is -2.33. The fraction of sp³-hybridized carbons (Fsp3) is 0.316. The minimum absolute atomic E-state index is 0.0429. The van der Waals surface area contributed by atoms with Crippen molar-refractivity contribution in [2.75, 3.05) is 7.05 Å². The Morgan fingerprint density at radius 1 is 1.32 bits per heavy atom. The maximum Gasteiger partial charge on any atom is 0.266 e. The summed E-state index contributed by atoms with van der Waals surface area (Å²) >= 11 is 3.14. The summed E-state index contributed by atoms with van der Waals surface area (Å²) in [7, 11) is 1.89. The Kier molecular flexibility index (Phi) is 4.39. The Labute approximate surface area is 155 Å². The highest BCUT2D eigenvalue weighted by atomic mass is 32.1. The van der Waals surface area contributed by atoms with Crippen LogP contribution in [-0.2, 0) is 6.42 Å². The summed E-state index contributed by atoms with van der Waals surface area (Å²) in [6.07, 6.45) is 4.91. The van der Waals surface area contributed by atoms with E-state index >= 15 is 0 Å². The number of thiophene rings is 1. The summed E-state index contributed by atoms with van der Waals surface area (Å²) in [5.74, 6) is 0.0429. The van der Waals surface area contributed by atoms with Crippen LogP contribution in [0.5, 0.6) is 0 Å². The van der Waals surface area contributed by atoms with E-state index < -0.39 is 0 Å². The molecule has 0 spiro atoms. The molecule has 1 aliphatic carbocycles.